The van der Waals surface area contributed by atoms with Crippen molar-refractivity contribution in [1.82, 2.24) is 15.5 Å². The number of nitrogens with one attached hydrogen (secondary N) is 2. The first-order chi connectivity index (χ1) is 13.4. The number of carbonyl (C=O) groups excluding carboxylic acids is 4. The Balaban J connectivity index is 2.92. The fourth-order valence-electron chi connectivity index (χ4n) is 2.89. The number of primary amides is 1. The van der Waals surface area contributed by atoms with Gasteiger partial charge in [0.25, 0.3) is 0 Å². The highest BCUT2D eigenvalue weighted by atomic mass is 16.4. The van der Waals surface area contributed by atoms with Gasteiger partial charge in [0.05, 0.1) is 18.9 Å². The Morgan fingerprint density at radius 1 is 1.07 bits per heavy atom. The van der Waals surface area contributed by atoms with E-state index >= 15 is 0 Å². The minimum atomic E-state index is -1.77. The molecule has 0 aliphatic carbocycles. The Kier molecular flexibility index (Phi) is 8.51. The summed E-state index contributed by atoms with van der Waals surface area (Å²) in [6, 6.07) is -5.05. The van der Waals surface area contributed by atoms with Crippen LogP contribution in [0.1, 0.15) is 32.6 Å². The van der Waals surface area contributed by atoms with Gasteiger partial charge in [-0.2, -0.15) is 0 Å². The molecule has 0 saturated carbocycles. The van der Waals surface area contributed by atoms with Crippen LogP contribution in [0.15, 0.2) is 0 Å². The zero-order chi connectivity index (χ0) is 22.3. The van der Waals surface area contributed by atoms with Crippen LogP contribution in [0.5, 0.6) is 0 Å². The molecule has 162 valence electrons. The standard InChI is InChI=1S/C16H25N5O8/c1-7(17)15(27)21-4-2-3-10(21)14(26)19-8(5-11(18)22)13(25)20-9(16(28)29)6-12(23)24/h7-10H,2-6,17H2,1H3,(H2,18,22)(H,19,26)(H,20,25)(H,23,24)(H,28,29). The van der Waals surface area contributed by atoms with Crippen molar-refractivity contribution in [3.8, 4) is 0 Å². The highest BCUT2D eigenvalue weighted by Gasteiger charge is 2.37. The van der Waals surface area contributed by atoms with E-state index in [1.807, 2.05) is 5.32 Å². The molecule has 0 spiro atoms. The molecular weight excluding hydrogens is 390 g/mol. The van der Waals surface area contributed by atoms with E-state index in [-0.39, 0.29) is 0 Å². The van der Waals surface area contributed by atoms with E-state index in [1.54, 1.807) is 0 Å². The predicted molar refractivity (Wildman–Crippen MR) is 95.9 cm³/mol. The Bertz CT molecular complexity index is 695. The van der Waals surface area contributed by atoms with Gasteiger partial charge in [0, 0.05) is 6.54 Å². The largest absolute Gasteiger partial charge is 0.481 e. The van der Waals surface area contributed by atoms with Crippen molar-refractivity contribution in [3.63, 3.8) is 0 Å². The number of nitrogens with zero attached hydrogens (tertiary/aromatic N) is 1. The third kappa shape index (κ3) is 7.03. The lowest BCUT2D eigenvalue weighted by atomic mass is 10.1. The summed E-state index contributed by atoms with van der Waals surface area (Å²) in [7, 11) is 0. The molecule has 8 N–H and O–H groups in total. The number of likely N-dealkylation sites (tertiary alicyclic amines) is 1. The molecule has 0 aromatic rings. The number of hydrogen-bond donors (Lipinski definition) is 6. The average Bonchev–Trinajstić information content (AvgIpc) is 3.08. The van der Waals surface area contributed by atoms with Crippen LogP contribution in [0.25, 0.3) is 0 Å². The molecule has 0 aromatic carbocycles. The van der Waals surface area contributed by atoms with Gasteiger partial charge in [-0.15, -0.1) is 0 Å². The normalized spacial score (nSPS) is 19.0. The summed E-state index contributed by atoms with van der Waals surface area (Å²) in [5.74, 6) is -6.30. The molecule has 13 heteroatoms. The lowest BCUT2D eigenvalue weighted by Crippen LogP contribution is -2.57. The quantitative estimate of drug-likeness (QED) is 0.210. The summed E-state index contributed by atoms with van der Waals surface area (Å²) in [4.78, 5) is 71.5. The third-order valence-electron chi connectivity index (χ3n) is 4.26. The van der Waals surface area contributed by atoms with Gasteiger partial charge in [-0.25, -0.2) is 4.79 Å². The summed E-state index contributed by atoms with van der Waals surface area (Å²) in [5, 5.41) is 22.0. The van der Waals surface area contributed by atoms with Gasteiger partial charge >= 0.3 is 11.9 Å². The summed E-state index contributed by atoms with van der Waals surface area (Å²) in [6.07, 6.45) is -0.711. The molecule has 29 heavy (non-hydrogen) atoms. The number of aliphatic carboxylic acids is 2. The first-order valence-electron chi connectivity index (χ1n) is 8.83. The van der Waals surface area contributed by atoms with Crippen LogP contribution in [0, 0.1) is 0 Å². The number of rotatable bonds is 10. The second kappa shape index (κ2) is 10.4. The maximum absolute atomic E-state index is 12.6. The fourth-order valence-corrected chi connectivity index (χ4v) is 2.89. The minimum absolute atomic E-state index is 0.296. The molecule has 4 unspecified atom stereocenters. The monoisotopic (exact) mass is 415 g/mol. The van der Waals surface area contributed by atoms with Crippen molar-refractivity contribution in [1.29, 1.82) is 0 Å². The molecule has 0 bridgehead atoms. The number of carboxylic acid groups (broad SMARTS) is 2. The fraction of sp³-hybridized carbons (Fsp3) is 0.625. The van der Waals surface area contributed by atoms with E-state index in [9.17, 15) is 28.8 Å². The third-order valence-corrected chi connectivity index (χ3v) is 4.26. The number of amides is 4. The second-order valence-corrected chi connectivity index (χ2v) is 6.71. The van der Waals surface area contributed by atoms with E-state index in [0.717, 1.165) is 0 Å². The van der Waals surface area contributed by atoms with E-state index in [2.05, 4.69) is 5.32 Å². The zero-order valence-electron chi connectivity index (χ0n) is 15.8. The first kappa shape index (κ1) is 23.8. The Hall–Kier alpha value is -3.22. The predicted octanol–water partition coefficient (Wildman–Crippen LogP) is -3.27. The van der Waals surface area contributed by atoms with Crippen LogP contribution in [0.2, 0.25) is 0 Å². The van der Waals surface area contributed by atoms with Crippen LogP contribution in [-0.4, -0.2) is 81.4 Å². The maximum atomic E-state index is 12.6. The average molecular weight is 415 g/mol. The summed E-state index contributed by atoms with van der Waals surface area (Å²) >= 11 is 0. The van der Waals surface area contributed by atoms with Crippen molar-refractivity contribution in [2.45, 2.75) is 56.8 Å². The Labute approximate surface area is 165 Å². The highest BCUT2D eigenvalue weighted by molar-refractivity contribution is 5.96. The number of nitrogens with two attached hydrogens (primary N) is 2. The Morgan fingerprint density at radius 3 is 2.17 bits per heavy atom. The Morgan fingerprint density at radius 2 is 1.69 bits per heavy atom. The molecule has 13 nitrogen and oxygen atoms in total. The van der Waals surface area contributed by atoms with Gasteiger partial charge in [0.15, 0.2) is 0 Å². The number of hydrogen-bond acceptors (Lipinski definition) is 7. The lowest BCUT2D eigenvalue weighted by Gasteiger charge is -2.27. The lowest BCUT2D eigenvalue weighted by molar-refractivity contribution is -0.147. The number of carbonyl (C=O) groups is 6. The first-order valence-corrected chi connectivity index (χ1v) is 8.83. The van der Waals surface area contributed by atoms with Gasteiger partial charge in [-0.3, -0.25) is 24.0 Å². The van der Waals surface area contributed by atoms with E-state index in [0.29, 0.717) is 19.4 Å². The molecule has 0 aromatic heterocycles. The van der Waals surface area contributed by atoms with E-state index < -0.39 is 72.6 Å². The van der Waals surface area contributed by atoms with Crippen molar-refractivity contribution in [2.24, 2.45) is 11.5 Å². The second-order valence-electron chi connectivity index (χ2n) is 6.71. The SMILES string of the molecule is CC(N)C(=O)N1CCCC1C(=O)NC(CC(N)=O)C(=O)NC(CC(=O)O)C(=O)O. The molecule has 1 heterocycles. The molecule has 1 saturated heterocycles. The van der Waals surface area contributed by atoms with E-state index in [1.165, 1.54) is 11.8 Å². The number of carboxylic acids is 2. The van der Waals surface area contributed by atoms with Crippen LogP contribution in [0.3, 0.4) is 0 Å². The van der Waals surface area contributed by atoms with Crippen molar-refractivity contribution < 1.29 is 39.0 Å². The van der Waals surface area contributed by atoms with Gasteiger partial charge in [-0.1, -0.05) is 0 Å². The summed E-state index contributed by atoms with van der Waals surface area (Å²) < 4.78 is 0. The van der Waals surface area contributed by atoms with Crippen LogP contribution in [-0.2, 0) is 28.8 Å². The van der Waals surface area contributed by atoms with Crippen molar-refractivity contribution in [2.75, 3.05) is 6.54 Å². The molecule has 4 amide bonds. The van der Waals surface area contributed by atoms with Gasteiger partial charge in [0.2, 0.25) is 23.6 Å². The van der Waals surface area contributed by atoms with Crippen LogP contribution in [0.4, 0.5) is 0 Å². The van der Waals surface area contributed by atoms with E-state index in [4.69, 9.17) is 21.7 Å². The van der Waals surface area contributed by atoms with Crippen LogP contribution < -0.4 is 22.1 Å². The van der Waals surface area contributed by atoms with Gasteiger partial charge < -0.3 is 37.2 Å². The maximum Gasteiger partial charge on any atom is 0.326 e. The molecule has 0 radical (unpaired) electrons. The van der Waals surface area contributed by atoms with Crippen LogP contribution >= 0.6 is 0 Å². The molecule has 1 aliphatic heterocycles. The summed E-state index contributed by atoms with van der Waals surface area (Å²) in [5.41, 5.74) is 10.6. The zero-order valence-corrected chi connectivity index (χ0v) is 15.8. The molecule has 1 aliphatic rings. The smallest absolute Gasteiger partial charge is 0.326 e. The minimum Gasteiger partial charge on any atom is -0.481 e. The van der Waals surface area contributed by atoms with Gasteiger partial charge in [-0.05, 0) is 19.8 Å². The highest BCUT2D eigenvalue weighted by Crippen LogP contribution is 2.18. The van der Waals surface area contributed by atoms with Crippen molar-refractivity contribution in [3.05, 3.63) is 0 Å². The van der Waals surface area contributed by atoms with Crippen molar-refractivity contribution >= 4 is 35.6 Å². The molecule has 1 rings (SSSR count). The molecule has 1 fully saturated rings. The summed E-state index contributed by atoms with van der Waals surface area (Å²) in [6.45, 7) is 1.76. The molecular formula is C16H25N5O8. The topological polar surface area (TPSA) is 222 Å². The van der Waals surface area contributed by atoms with Gasteiger partial charge in [0.1, 0.15) is 18.1 Å². The molecule has 4 atom stereocenters.